The molecule has 0 aliphatic heterocycles. The minimum Gasteiger partial charge on any atom is -0.404 e. The van der Waals surface area contributed by atoms with Crippen LogP contribution in [0.2, 0.25) is 0 Å². The summed E-state index contributed by atoms with van der Waals surface area (Å²) in [6, 6.07) is 2.82. The average molecular weight is 248 g/mol. The molecule has 1 aromatic rings. The number of ether oxygens (including phenoxy) is 1. The number of hydrogen-bond acceptors (Lipinski definition) is 4. The summed E-state index contributed by atoms with van der Waals surface area (Å²) >= 11 is 1.08. The molecule has 0 saturated carbocycles. The van der Waals surface area contributed by atoms with Gasteiger partial charge in [-0.15, -0.1) is 24.9 Å². The maximum atomic E-state index is 12.1. The Morgan fingerprint density at radius 2 is 2.25 bits per heavy atom. The number of alkyl halides is 3. The normalized spacial score (nSPS) is 10.9. The molecule has 86 valence electrons. The van der Waals surface area contributed by atoms with Gasteiger partial charge in [0.2, 0.25) is 0 Å². The van der Waals surface area contributed by atoms with Crippen LogP contribution in [-0.4, -0.2) is 17.1 Å². The van der Waals surface area contributed by atoms with E-state index >= 15 is 0 Å². The molecule has 0 unspecified atom stereocenters. The van der Waals surface area contributed by atoms with Crippen molar-refractivity contribution in [2.24, 2.45) is 0 Å². The fourth-order valence-electron chi connectivity index (χ4n) is 0.999. The molecular formula is C9H7F3N2OS. The van der Waals surface area contributed by atoms with Crippen molar-refractivity contribution in [3.8, 4) is 11.8 Å². The second-order valence-corrected chi connectivity index (χ2v) is 3.85. The standard InChI is InChI=1S/C9H7F3N2OS/c1-2-16-8-6(5-13)14-4-3-7(8)15-9(10,11)12/h3-4H,2H2,1H3. The SMILES string of the molecule is CCSc1c(OC(F)(F)F)ccnc1C#N. The first kappa shape index (κ1) is 12.6. The highest BCUT2D eigenvalue weighted by atomic mass is 32.2. The van der Waals surface area contributed by atoms with Gasteiger partial charge in [0.25, 0.3) is 0 Å². The van der Waals surface area contributed by atoms with Gasteiger partial charge in [0.05, 0.1) is 4.90 Å². The lowest BCUT2D eigenvalue weighted by Crippen LogP contribution is -2.18. The molecule has 0 atom stereocenters. The summed E-state index contributed by atoms with van der Waals surface area (Å²) in [5.41, 5.74) is -0.0615. The summed E-state index contributed by atoms with van der Waals surface area (Å²) in [7, 11) is 0. The molecule has 16 heavy (non-hydrogen) atoms. The quantitative estimate of drug-likeness (QED) is 0.771. The van der Waals surface area contributed by atoms with Crippen molar-refractivity contribution in [3.05, 3.63) is 18.0 Å². The molecule has 1 heterocycles. The van der Waals surface area contributed by atoms with Gasteiger partial charge < -0.3 is 4.74 Å². The Hall–Kier alpha value is -1.42. The number of hydrogen-bond donors (Lipinski definition) is 0. The lowest BCUT2D eigenvalue weighted by atomic mass is 10.3. The van der Waals surface area contributed by atoms with E-state index < -0.39 is 6.36 Å². The van der Waals surface area contributed by atoms with Crippen LogP contribution < -0.4 is 4.74 Å². The van der Waals surface area contributed by atoms with E-state index in [0.717, 1.165) is 24.0 Å². The largest absolute Gasteiger partial charge is 0.573 e. The van der Waals surface area contributed by atoms with Crippen LogP contribution in [-0.2, 0) is 0 Å². The third-order valence-electron chi connectivity index (χ3n) is 1.49. The van der Waals surface area contributed by atoms with Crippen molar-refractivity contribution in [3.63, 3.8) is 0 Å². The third kappa shape index (κ3) is 3.31. The summed E-state index contributed by atoms with van der Waals surface area (Å²) < 4.78 is 40.0. The molecule has 0 fully saturated rings. The van der Waals surface area contributed by atoms with Gasteiger partial charge in [0, 0.05) is 12.3 Å². The number of nitriles is 1. The van der Waals surface area contributed by atoms with E-state index in [2.05, 4.69) is 9.72 Å². The van der Waals surface area contributed by atoms with Crippen molar-refractivity contribution in [1.82, 2.24) is 4.98 Å². The highest BCUT2D eigenvalue weighted by molar-refractivity contribution is 7.99. The maximum Gasteiger partial charge on any atom is 0.573 e. The molecule has 1 aromatic heterocycles. The third-order valence-corrected chi connectivity index (χ3v) is 2.46. The summed E-state index contributed by atoms with van der Waals surface area (Å²) in [4.78, 5) is 3.79. The van der Waals surface area contributed by atoms with Gasteiger partial charge in [-0.1, -0.05) is 6.92 Å². The second-order valence-electron chi connectivity index (χ2n) is 2.58. The molecule has 7 heteroatoms. The molecule has 0 radical (unpaired) electrons. The Bertz CT molecular complexity index is 414. The lowest BCUT2D eigenvalue weighted by Gasteiger charge is -2.12. The van der Waals surface area contributed by atoms with Crippen molar-refractivity contribution < 1.29 is 17.9 Å². The molecular weight excluding hydrogens is 241 g/mol. The summed E-state index contributed by atoms with van der Waals surface area (Å²) in [6.45, 7) is 1.76. The summed E-state index contributed by atoms with van der Waals surface area (Å²) in [5.74, 6) is 0.139. The molecule has 0 aromatic carbocycles. The Labute approximate surface area is 94.2 Å². The Morgan fingerprint density at radius 1 is 1.56 bits per heavy atom. The first-order valence-electron chi connectivity index (χ1n) is 4.25. The predicted molar refractivity (Wildman–Crippen MR) is 52.0 cm³/mol. The topological polar surface area (TPSA) is 45.9 Å². The number of thioether (sulfide) groups is 1. The fraction of sp³-hybridized carbons (Fsp3) is 0.333. The van der Waals surface area contributed by atoms with E-state index in [-0.39, 0.29) is 16.3 Å². The smallest absolute Gasteiger partial charge is 0.404 e. The van der Waals surface area contributed by atoms with Crippen molar-refractivity contribution >= 4 is 11.8 Å². The molecule has 0 spiro atoms. The number of pyridine rings is 1. The molecule has 0 saturated heterocycles. The monoisotopic (exact) mass is 248 g/mol. The van der Waals surface area contributed by atoms with Crippen LogP contribution in [0.5, 0.6) is 5.75 Å². The van der Waals surface area contributed by atoms with Gasteiger partial charge in [-0.2, -0.15) is 5.26 Å². The number of rotatable bonds is 3. The van der Waals surface area contributed by atoms with Crippen LogP contribution in [0.25, 0.3) is 0 Å². The van der Waals surface area contributed by atoms with E-state index in [0.29, 0.717) is 5.75 Å². The van der Waals surface area contributed by atoms with E-state index in [1.54, 1.807) is 13.0 Å². The molecule has 0 aliphatic carbocycles. The summed E-state index contributed by atoms with van der Waals surface area (Å²) in [5, 5.41) is 8.71. The molecule has 0 aliphatic rings. The van der Waals surface area contributed by atoms with Crippen LogP contribution in [0.15, 0.2) is 17.2 Å². The minimum absolute atomic E-state index is 0.0615. The average Bonchev–Trinajstić information content (AvgIpc) is 2.18. The maximum absolute atomic E-state index is 12.1. The molecule has 0 N–H and O–H groups in total. The number of nitrogens with zero attached hydrogens (tertiary/aromatic N) is 2. The van der Waals surface area contributed by atoms with E-state index in [9.17, 15) is 13.2 Å². The van der Waals surface area contributed by atoms with E-state index in [4.69, 9.17) is 5.26 Å². The number of aromatic nitrogens is 1. The zero-order valence-corrected chi connectivity index (χ0v) is 9.02. The second kappa shape index (κ2) is 5.07. The fourth-order valence-corrected chi connectivity index (χ4v) is 1.77. The Morgan fingerprint density at radius 3 is 2.75 bits per heavy atom. The van der Waals surface area contributed by atoms with Crippen LogP contribution in [0, 0.1) is 11.3 Å². The molecule has 1 rings (SSSR count). The number of halogens is 3. The van der Waals surface area contributed by atoms with Crippen LogP contribution in [0.3, 0.4) is 0 Å². The van der Waals surface area contributed by atoms with E-state index in [1.165, 1.54) is 0 Å². The lowest BCUT2D eigenvalue weighted by molar-refractivity contribution is -0.275. The van der Waals surface area contributed by atoms with Gasteiger partial charge >= 0.3 is 6.36 Å². The van der Waals surface area contributed by atoms with E-state index in [1.807, 2.05) is 0 Å². The first-order chi connectivity index (χ1) is 7.48. The van der Waals surface area contributed by atoms with Crippen LogP contribution in [0.4, 0.5) is 13.2 Å². The summed E-state index contributed by atoms with van der Waals surface area (Å²) in [6.07, 6.45) is -3.66. The minimum atomic E-state index is -4.77. The highest BCUT2D eigenvalue weighted by Crippen LogP contribution is 2.34. The molecule has 0 bridgehead atoms. The van der Waals surface area contributed by atoms with Gasteiger partial charge in [0.15, 0.2) is 5.69 Å². The molecule has 3 nitrogen and oxygen atoms in total. The van der Waals surface area contributed by atoms with Crippen molar-refractivity contribution in [2.75, 3.05) is 5.75 Å². The van der Waals surface area contributed by atoms with Crippen molar-refractivity contribution in [2.45, 2.75) is 18.2 Å². The Kier molecular flexibility index (Phi) is 4.01. The van der Waals surface area contributed by atoms with Crippen LogP contribution >= 0.6 is 11.8 Å². The first-order valence-corrected chi connectivity index (χ1v) is 5.24. The zero-order chi connectivity index (χ0) is 12.2. The van der Waals surface area contributed by atoms with Gasteiger partial charge in [-0.3, -0.25) is 0 Å². The molecule has 0 amide bonds. The van der Waals surface area contributed by atoms with Crippen LogP contribution in [0.1, 0.15) is 12.6 Å². The van der Waals surface area contributed by atoms with Gasteiger partial charge in [-0.05, 0) is 5.75 Å². The van der Waals surface area contributed by atoms with Gasteiger partial charge in [-0.25, -0.2) is 4.98 Å². The zero-order valence-electron chi connectivity index (χ0n) is 8.21. The highest BCUT2D eigenvalue weighted by Gasteiger charge is 2.32. The van der Waals surface area contributed by atoms with Crippen molar-refractivity contribution in [1.29, 1.82) is 5.26 Å². The predicted octanol–water partition coefficient (Wildman–Crippen LogP) is 2.96. The Balaban J connectivity index is 3.13. The van der Waals surface area contributed by atoms with Gasteiger partial charge in [0.1, 0.15) is 11.8 Å².